The minimum absolute atomic E-state index is 0.0451. The van der Waals surface area contributed by atoms with E-state index in [0.29, 0.717) is 18.0 Å². The number of aryl methyl sites for hydroxylation is 1. The molecule has 1 atom stereocenters. The average Bonchev–Trinajstić information content (AvgIpc) is 3.28. The van der Waals surface area contributed by atoms with Crippen LogP contribution in [0, 0.1) is 0 Å². The average molecular weight is 353 g/mol. The Morgan fingerprint density at radius 1 is 1.31 bits per heavy atom. The van der Waals surface area contributed by atoms with Crippen LogP contribution in [-0.2, 0) is 7.05 Å². The Balaban J connectivity index is 1.63. The third kappa shape index (κ3) is 2.85. The lowest BCUT2D eigenvalue weighted by Crippen LogP contribution is -2.40. The topological polar surface area (TPSA) is 81.2 Å². The molecular formula is C18H23N7O. The second kappa shape index (κ2) is 6.51. The van der Waals surface area contributed by atoms with Crippen LogP contribution in [-0.4, -0.2) is 53.0 Å². The number of hydrogen-bond acceptors (Lipinski definition) is 5. The van der Waals surface area contributed by atoms with Crippen LogP contribution in [0.25, 0.3) is 5.78 Å². The number of nitrogens with zero attached hydrogens (tertiary/aromatic N) is 7. The van der Waals surface area contributed by atoms with E-state index in [2.05, 4.69) is 33.9 Å². The monoisotopic (exact) mass is 353 g/mol. The molecule has 4 heterocycles. The Morgan fingerprint density at radius 2 is 2.15 bits per heavy atom. The van der Waals surface area contributed by atoms with Crippen LogP contribution in [0.2, 0.25) is 0 Å². The molecule has 1 fully saturated rings. The van der Waals surface area contributed by atoms with Gasteiger partial charge in [-0.1, -0.05) is 13.8 Å². The van der Waals surface area contributed by atoms with Gasteiger partial charge in [-0.15, -0.1) is 0 Å². The number of likely N-dealkylation sites (tertiary alicyclic amines) is 1. The number of piperidine rings is 1. The van der Waals surface area contributed by atoms with Crippen molar-refractivity contribution in [1.29, 1.82) is 0 Å². The number of amides is 1. The lowest BCUT2D eigenvalue weighted by Gasteiger charge is -2.32. The van der Waals surface area contributed by atoms with Crippen LogP contribution in [0.5, 0.6) is 0 Å². The second-order valence-corrected chi connectivity index (χ2v) is 7.18. The number of fused-ring (bicyclic) bond motifs is 1. The zero-order valence-electron chi connectivity index (χ0n) is 15.3. The summed E-state index contributed by atoms with van der Waals surface area (Å²) in [6, 6.07) is 1.85. The van der Waals surface area contributed by atoms with E-state index >= 15 is 0 Å². The first-order chi connectivity index (χ1) is 12.5. The van der Waals surface area contributed by atoms with Crippen molar-refractivity contribution in [1.82, 2.24) is 34.0 Å². The molecule has 0 unspecified atom stereocenters. The van der Waals surface area contributed by atoms with Crippen molar-refractivity contribution < 1.29 is 4.79 Å². The number of hydrogen-bond donors (Lipinski definition) is 0. The van der Waals surface area contributed by atoms with Gasteiger partial charge in [-0.25, -0.2) is 14.5 Å². The normalized spacial score (nSPS) is 18.0. The van der Waals surface area contributed by atoms with Gasteiger partial charge in [0.25, 0.3) is 11.7 Å². The molecule has 3 aromatic rings. The van der Waals surface area contributed by atoms with Crippen LogP contribution in [0.1, 0.15) is 60.5 Å². The maximum Gasteiger partial charge on any atom is 0.272 e. The van der Waals surface area contributed by atoms with E-state index < -0.39 is 0 Å². The van der Waals surface area contributed by atoms with Crippen molar-refractivity contribution >= 4 is 11.7 Å². The maximum atomic E-state index is 13.1. The number of aromatic nitrogens is 6. The third-order valence-electron chi connectivity index (χ3n) is 5.02. The third-order valence-corrected chi connectivity index (χ3v) is 5.02. The summed E-state index contributed by atoms with van der Waals surface area (Å²) in [5, 5.41) is 4.22. The Bertz CT molecular complexity index is 942. The standard InChI is InChI=1S/C18H23N7O/c1-12(2)15-9-14(22-18-20-11-21-25(15)18)17(26)24-7-4-5-13(10-24)16-19-6-8-23(16)3/h6,8-9,11-13H,4-5,7,10H2,1-3H3/t13-/m0/s1. The number of carbonyl (C=O) groups excluding carboxylic acids is 1. The minimum atomic E-state index is -0.0451. The van der Waals surface area contributed by atoms with Gasteiger partial charge in [0, 0.05) is 38.4 Å². The maximum absolute atomic E-state index is 13.1. The summed E-state index contributed by atoms with van der Waals surface area (Å²) >= 11 is 0. The van der Waals surface area contributed by atoms with Gasteiger partial charge in [0.1, 0.15) is 17.8 Å². The fourth-order valence-corrected chi connectivity index (χ4v) is 3.66. The molecule has 0 N–H and O–H groups in total. The van der Waals surface area contributed by atoms with Crippen LogP contribution in [0.15, 0.2) is 24.8 Å². The Kier molecular flexibility index (Phi) is 4.18. The molecule has 136 valence electrons. The minimum Gasteiger partial charge on any atom is -0.338 e. The fraction of sp³-hybridized carbons (Fsp3) is 0.500. The van der Waals surface area contributed by atoms with E-state index in [4.69, 9.17) is 0 Å². The van der Waals surface area contributed by atoms with Crippen LogP contribution < -0.4 is 0 Å². The van der Waals surface area contributed by atoms with Gasteiger partial charge in [0.15, 0.2) is 0 Å². The van der Waals surface area contributed by atoms with Gasteiger partial charge in [0.2, 0.25) is 0 Å². The largest absolute Gasteiger partial charge is 0.338 e. The van der Waals surface area contributed by atoms with Gasteiger partial charge in [-0.3, -0.25) is 4.79 Å². The van der Waals surface area contributed by atoms with Crippen molar-refractivity contribution in [3.05, 3.63) is 42.0 Å². The lowest BCUT2D eigenvalue weighted by atomic mass is 9.96. The Morgan fingerprint density at radius 3 is 2.88 bits per heavy atom. The quantitative estimate of drug-likeness (QED) is 0.719. The molecule has 0 aromatic carbocycles. The highest BCUT2D eigenvalue weighted by atomic mass is 16.2. The van der Waals surface area contributed by atoms with Crippen molar-refractivity contribution in [2.45, 2.75) is 38.5 Å². The van der Waals surface area contributed by atoms with Crippen molar-refractivity contribution in [3.63, 3.8) is 0 Å². The molecule has 1 aliphatic rings. The van der Waals surface area contributed by atoms with Gasteiger partial charge < -0.3 is 9.47 Å². The molecule has 1 saturated heterocycles. The van der Waals surface area contributed by atoms with Gasteiger partial charge >= 0.3 is 0 Å². The van der Waals surface area contributed by atoms with Crippen molar-refractivity contribution in [2.75, 3.05) is 13.1 Å². The smallest absolute Gasteiger partial charge is 0.272 e. The summed E-state index contributed by atoms with van der Waals surface area (Å²) in [7, 11) is 2.00. The summed E-state index contributed by atoms with van der Waals surface area (Å²) < 4.78 is 3.74. The lowest BCUT2D eigenvalue weighted by molar-refractivity contribution is 0.0697. The first-order valence-corrected chi connectivity index (χ1v) is 9.01. The molecular weight excluding hydrogens is 330 g/mol. The molecule has 0 saturated carbocycles. The number of carbonyl (C=O) groups is 1. The molecule has 0 aliphatic carbocycles. The predicted octanol–water partition coefficient (Wildman–Crippen LogP) is 2.00. The van der Waals surface area contributed by atoms with Gasteiger partial charge in [-0.05, 0) is 24.8 Å². The highest BCUT2D eigenvalue weighted by Crippen LogP contribution is 2.26. The summed E-state index contributed by atoms with van der Waals surface area (Å²) in [4.78, 5) is 28.1. The summed E-state index contributed by atoms with van der Waals surface area (Å²) in [6.45, 7) is 5.56. The van der Waals surface area contributed by atoms with Crippen molar-refractivity contribution in [2.24, 2.45) is 7.05 Å². The highest BCUT2D eigenvalue weighted by molar-refractivity contribution is 5.93. The molecule has 0 radical (unpaired) electrons. The van der Waals surface area contributed by atoms with Crippen LogP contribution in [0.3, 0.4) is 0 Å². The van der Waals surface area contributed by atoms with Crippen LogP contribution in [0.4, 0.5) is 0 Å². The first-order valence-electron chi connectivity index (χ1n) is 9.01. The molecule has 0 spiro atoms. The fourth-order valence-electron chi connectivity index (χ4n) is 3.66. The number of rotatable bonds is 3. The van der Waals surface area contributed by atoms with E-state index in [1.54, 1.807) is 4.52 Å². The van der Waals surface area contributed by atoms with E-state index in [-0.39, 0.29) is 17.7 Å². The molecule has 26 heavy (non-hydrogen) atoms. The van der Waals surface area contributed by atoms with Gasteiger partial charge in [0.05, 0.1) is 5.69 Å². The van der Waals surface area contributed by atoms with E-state index in [9.17, 15) is 4.79 Å². The Hall–Kier alpha value is -2.77. The second-order valence-electron chi connectivity index (χ2n) is 7.18. The number of imidazole rings is 1. The molecule has 4 rings (SSSR count). The van der Waals surface area contributed by atoms with Crippen molar-refractivity contribution in [3.8, 4) is 0 Å². The van der Waals surface area contributed by atoms with E-state index in [1.807, 2.05) is 35.0 Å². The molecule has 8 nitrogen and oxygen atoms in total. The molecule has 8 heteroatoms. The van der Waals surface area contributed by atoms with E-state index in [0.717, 1.165) is 30.9 Å². The summed E-state index contributed by atoms with van der Waals surface area (Å²) in [5.74, 6) is 1.93. The summed E-state index contributed by atoms with van der Waals surface area (Å²) in [6.07, 6.45) is 7.24. The van der Waals surface area contributed by atoms with E-state index in [1.165, 1.54) is 6.33 Å². The molecule has 3 aromatic heterocycles. The molecule has 1 aliphatic heterocycles. The summed E-state index contributed by atoms with van der Waals surface area (Å²) in [5.41, 5.74) is 1.38. The zero-order valence-corrected chi connectivity index (χ0v) is 15.3. The first kappa shape index (κ1) is 16.7. The Labute approximate surface area is 151 Å². The van der Waals surface area contributed by atoms with Gasteiger partial charge in [-0.2, -0.15) is 10.1 Å². The highest BCUT2D eigenvalue weighted by Gasteiger charge is 2.29. The molecule has 0 bridgehead atoms. The molecule has 1 amide bonds. The predicted molar refractivity (Wildman–Crippen MR) is 96.0 cm³/mol. The zero-order chi connectivity index (χ0) is 18.3. The van der Waals surface area contributed by atoms with Crippen LogP contribution >= 0.6 is 0 Å². The SMILES string of the molecule is CC(C)c1cc(C(=O)N2CCC[C@H](c3nccn3C)C2)nc2ncnn12.